The molecule has 0 saturated carbocycles. The van der Waals surface area contributed by atoms with Crippen LogP contribution in [0, 0.1) is 0 Å². The summed E-state index contributed by atoms with van der Waals surface area (Å²) in [6.45, 7) is 0. The van der Waals surface area contributed by atoms with Gasteiger partial charge in [-0.3, -0.25) is 4.79 Å². The van der Waals surface area contributed by atoms with E-state index in [1.807, 2.05) is 0 Å². The molecule has 1 amide bonds. The summed E-state index contributed by atoms with van der Waals surface area (Å²) < 4.78 is 102. The molecule has 0 fully saturated rings. The standard InChI is InChI=1S/C19H15F6NO5S/c20-18(21,22)12-8-11(9-13(10-12)19(23,24)25)16(27)26-15(17(28)29)6-7-32(30,31)14-4-2-1-3-5-14/h1-5,8-10,15H,6-7H2,(H,26,27)(H,28,29)/t15-/m1/s1. The van der Waals surface area contributed by atoms with Gasteiger partial charge in [-0.05, 0) is 36.8 Å². The number of hydrogen-bond acceptors (Lipinski definition) is 4. The molecule has 174 valence electrons. The Hall–Kier alpha value is -3.09. The zero-order valence-electron chi connectivity index (χ0n) is 15.9. The van der Waals surface area contributed by atoms with Crippen molar-refractivity contribution in [3.05, 3.63) is 65.2 Å². The molecule has 13 heteroatoms. The topological polar surface area (TPSA) is 101 Å². The zero-order valence-corrected chi connectivity index (χ0v) is 16.7. The highest BCUT2D eigenvalue weighted by Gasteiger charge is 2.38. The van der Waals surface area contributed by atoms with Crippen LogP contribution >= 0.6 is 0 Å². The van der Waals surface area contributed by atoms with Crippen LogP contribution in [0.25, 0.3) is 0 Å². The second-order valence-corrected chi connectivity index (χ2v) is 8.69. The number of rotatable bonds is 7. The third-order valence-corrected chi connectivity index (χ3v) is 5.99. The van der Waals surface area contributed by atoms with Crippen molar-refractivity contribution in [3.63, 3.8) is 0 Å². The molecule has 2 N–H and O–H groups in total. The van der Waals surface area contributed by atoms with Gasteiger partial charge in [-0.15, -0.1) is 0 Å². The lowest BCUT2D eigenvalue weighted by atomic mass is 10.0. The van der Waals surface area contributed by atoms with Gasteiger partial charge in [0, 0.05) is 5.56 Å². The minimum absolute atomic E-state index is 0.122. The van der Waals surface area contributed by atoms with Crippen LogP contribution in [0.5, 0.6) is 0 Å². The van der Waals surface area contributed by atoms with E-state index in [9.17, 15) is 49.5 Å². The number of amides is 1. The summed E-state index contributed by atoms with van der Waals surface area (Å²) in [5.41, 5.74) is -4.59. The average Bonchev–Trinajstić information content (AvgIpc) is 2.69. The molecule has 0 aromatic heterocycles. The third-order valence-electron chi connectivity index (χ3n) is 4.23. The smallest absolute Gasteiger partial charge is 0.416 e. The number of carbonyl (C=O) groups excluding carboxylic acids is 1. The van der Waals surface area contributed by atoms with Gasteiger partial charge in [0.05, 0.1) is 21.8 Å². The summed E-state index contributed by atoms with van der Waals surface area (Å²) in [6.07, 6.45) is -11.1. The largest absolute Gasteiger partial charge is 0.480 e. The first-order valence-corrected chi connectivity index (χ1v) is 10.4. The average molecular weight is 483 g/mol. The Balaban J connectivity index is 2.27. The number of carbonyl (C=O) groups is 2. The van der Waals surface area contributed by atoms with Crippen molar-refractivity contribution in [3.8, 4) is 0 Å². The van der Waals surface area contributed by atoms with Gasteiger partial charge in [0.1, 0.15) is 6.04 Å². The van der Waals surface area contributed by atoms with Crippen molar-refractivity contribution in [1.29, 1.82) is 0 Å². The number of aliphatic carboxylic acids is 1. The molecule has 0 bridgehead atoms. The maximum atomic E-state index is 12.9. The Kier molecular flexibility index (Phi) is 7.23. The normalized spacial score (nSPS) is 13.4. The molecule has 0 aliphatic heterocycles. The van der Waals surface area contributed by atoms with E-state index < -0.39 is 69.0 Å². The third kappa shape index (κ3) is 6.45. The maximum absolute atomic E-state index is 12.9. The summed E-state index contributed by atoms with van der Waals surface area (Å²) in [5.74, 6) is -4.00. The Morgan fingerprint density at radius 2 is 1.41 bits per heavy atom. The first-order chi connectivity index (χ1) is 14.6. The highest BCUT2D eigenvalue weighted by molar-refractivity contribution is 7.91. The molecule has 0 aliphatic carbocycles. The number of carboxylic acid groups (broad SMARTS) is 1. The van der Waals surface area contributed by atoms with E-state index in [2.05, 4.69) is 0 Å². The minimum Gasteiger partial charge on any atom is -0.480 e. The lowest BCUT2D eigenvalue weighted by Crippen LogP contribution is -2.42. The molecule has 32 heavy (non-hydrogen) atoms. The Bertz CT molecular complexity index is 1070. The molecule has 0 aliphatic rings. The van der Waals surface area contributed by atoms with Crippen molar-refractivity contribution in [2.24, 2.45) is 0 Å². The van der Waals surface area contributed by atoms with Gasteiger partial charge >= 0.3 is 18.3 Å². The number of nitrogens with one attached hydrogen (secondary N) is 1. The Labute approximate surface area is 177 Å². The summed E-state index contributed by atoms with van der Waals surface area (Å²) >= 11 is 0. The van der Waals surface area contributed by atoms with Gasteiger partial charge in [-0.2, -0.15) is 26.3 Å². The first kappa shape index (κ1) is 25.2. The Morgan fingerprint density at radius 1 is 0.906 bits per heavy atom. The second kappa shape index (κ2) is 9.18. The highest BCUT2D eigenvalue weighted by atomic mass is 32.2. The van der Waals surface area contributed by atoms with Crippen molar-refractivity contribution >= 4 is 21.7 Å². The van der Waals surface area contributed by atoms with Crippen LogP contribution in [0.1, 0.15) is 27.9 Å². The van der Waals surface area contributed by atoms with E-state index in [0.717, 1.165) is 0 Å². The number of hydrogen-bond donors (Lipinski definition) is 2. The summed E-state index contributed by atoms with van der Waals surface area (Å²) in [4.78, 5) is 23.5. The number of alkyl halides is 6. The molecule has 0 saturated heterocycles. The number of sulfone groups is 1. The first-order valence-electron chi connectivity index (χ1n) is 8.72. The van der Waals surface area contributed by atoms with E-state index in [1.165, 1.54) is 24.3 Å². The Morgan fingerprint density at radius 3 is 1.84 bits per heavy atom. The maximum Gasteiger partial charge on any atom is 0.416 e. The molecule has 2 aromatic rings. The van der Waals surface area contributed by atoms with Crippen LogP contribution in [-0.4, -0.2) is 37.2 Å². The summed E-state index contributed by atoms with van der Waals surface area (Å²) in [5, 5.41) is 11.0. The van der Waals surface area contributed by atoms with Crippen molar-refractivity contribution in [2.75, 3.05) is 5.75 Å². The number of carboxylic acids is 1. The zero-order chi connectivity index (χ0) is 24.3. The summed E-state index contributed by atoms with van der Waals surface area (Å²) in [7, 11) is -3.95. The van der Waals surface area contributed by atoms with E-state index in [1.54, 1.807) is 11.4 Å². The van der Waals surface area contributed by atoms with Gasteiger partial charge in [0.25, 0.3) is 5.91 Å². The molecular weight excluding hydrogens is 468 g/mol. The van der Waals surface area contributed by atoms with Crippen LogP contribution in [0.4, 0.5) is 26.3 Å². The monoisotopic (exact) mass is 483 g/mol. The molecule has 0 spiro atoms. The van der Waals surface area contributed by atoms with Crippen LogP contribution in [0.2, 0.25) is 0 Å². The van der Waals surface area contributed by atoms with Gasteiger partial charge in [-0.25, -0.2) is 13.2 Å². The molecule has 0 unspecified atom stereocenters. The van der Waals surface area contributed by atoms with Gasteiger partial charge < -0.3 is 10.4 Å². The van der Waals surface area contributed by atoms with Crippen LogP contribution in [0.15, 0.2) is 53.4 Å². The summed E-state index contributed by atoms with van der Waals surface area (Å²) in [6, 6.07) is 5.13. The second-order valence-electron chi connectivity index (χ2n) is 6.58. The molecule has 2 rings (SSSR count). The van der Waals surface area contributed by atoms with Crippen molar-refractivity contribution in [1.82, 2.24) is 5.32 Å². The number of halogens is 6. The van der Waals surface area contributed by atoms with Crippen LogP contribution < -0.4 is 5.32 Å². The molecule has 0 heterocycles. The fraction of sp³-hybridized carbons (Fsp3) is 0.263. The highest BCUT2D eigenvalue weighted by Crippen LogP contribution is 2.36. The molecular formula is C19H15F6NO5S. The van der Waals surface area contributed by atoms with Gasteiger partial charge in [0.15, 0.2) is 9.84 Å². The van der Waals surface area contributed by atoms with Crippen LogP contribution in [-0.2, 0) is 27.0 Å². The molecule has 0 radical (unpaired) electrons. The van der Waals surface area contributed by atoms with E-state index in [0.29, 0.717) is 0 Å². The van der Waals surface area contributed by atoms with E-state index >= 15 is 0 Å². The predicted molar refractivity (Wildman–Crippen MR) is 98.4 cm³/mol. The fourth-order valence-electron chi connectivity index (χ4n) is 2.60. The van der Waals surface area contributed by atoms with E-state index in [4.69, 9.17) is 0 Å². The van der Waals surface area contributed by atoms with Crippen LogP contribution in [0.3, 0.4) is 0 Å². The predicted octanol–water partition coefficient (Wildman–Crippen LogP) is 3.77. The van der Waals surface area contributed by atoms with Crippen molar-refractivity contribution < 1.29 is 49.5 Å². The van der Waals surface area contributed by atoms with Crippen molar-refractivity contribution in [2.45, 2.75) is 29.7 Å². The SMILES string of the molecule is O=C(N[C@H](CCS(=O)(=O)c1ccccc1)C(=O)O)c1cc(C(F)(F)F)cc(C(F)(F)F)c1. The minimum atomic E-state index is -5.20. The molecule has 2 aromatic carbocycles. The molecule has 6 nitrogen and oxygen atoms in total. The lowest BCUT2D eigenvalue weighted by Gasteiger charge is -2.17. The van der Waals surface area contributed by atoms with Gasteiger partial charge in [0.2, 0.25) is 0 Å². The number of benzene rings is 2. The molecule has 1 atom stereocenters. The van der Waals surface area contributed by atoms with E-state index in [-0.39, 0.29) is 23.1 Å². The lowest BCUT2D eigenvalue weighted by molar-refractivity contribution is -0.143. The fourth-order valence-corrected chi connectivity index (χ4v) is 3.96. The van der Waals surface area contributed by atoms with Gasteiger partial charge in [-0.1, -0.05) is 18.2 Å². The quantitative estimate of drug-likeness (QED) is 0.584.